The highest BCUT2D eigenvalue weighted by Gasteiger charge is 2.18. The standard InChI is InChI=1S/C19H31N3O4.ClH/c1-6-25-15-9-8-14(10-16(15)26-7-2)13(5)22-17(23)11-21-19(24)18(20)12(3)4;/h8-10,12-13,18H,6-7,11,20H2,1-5H3,(H,21,24)(H,22,23);1H/t13?,18-;/m0./s1. The van der Waals surface area contributed by atoms with Crippen molar-refractivity contribution in [1.82, 2.24) is 10.6 Å². The minimum Gasteiger partial charge on any atom is -0.490 e. The van der Waals surface area contributed by atoms with Gasteiger partial charge in [-0.15, -0.1) is 12.4 Å². The molecule has 0 bridgehead atoms. The zero-order valence-electron chi connectivity index (χ0n) is 16.7. The van der Waals surface area contributed by atoms with E-state index < -0.39 is 6.04 Å². The van der Waals surface area contributed by atoms with E-state index in [0.29, 0.717) is 24.7 Å². The van der Waals surface area contributed by atoms with Gasteiger partial charge in [0.25, 0.3) is 0 Å². The quantitative estimate of drug-likeness (QED) is 0.557. The molecule has 1 rings (SSSR count). The summed E-state index contributed by atoms with van der Waals surface area (Å²) in [6, 6.07) is 4.70. The second-order valence-corrected chi connectivity index (χ2v) is 6.35. The predicted molar refractivity (Wildman–Crippen MR) is 108 cm³/mol. The molecule has 0 radical (unpaired) electrons. The molecule has 0 aliphatic heterocycles. The summed E-state index contributed by atoms with van der Waals surface area (Å²) < 4.78 is 11.1. The van der Waals surface area contributed by atoms with Gasteiger partial charge in [0.1, 0.15) is 0 Å². The molecule has 7 nitrogen and oxygen atoms in total. The van der Waals surface area contributed by atoms with Gasteiger partial charge in [-0.05, 0) is 44.4 Å². The molecule has 2 amide bonds. The van der Waals surface area contributed by atoms with E-state index in [-0.39, 0.29) is 42.7 Å². The first kappa shape index (κ1) is 25.0. The van der Waals surface area contributed by atoms with Gasteiger partial charge in [0.15, 0.2) is 11.5 Å². The maximum Gasteiger partial charge on any atom is 0.239 e. The Morgan fingerprint density at radius 1 is 1.07 bits per heavy atom. The first-order valence-corrected chi connectivity index (χ1v) is 9.02. The fraction of sp³-hybridized carbons (Fsp3) is 0.579. The average molecular weight is 402 g/mol. The summed E-state index contributed by atoms with van der Waals surface area (Å²) in [4.78, 5) is 23.9. The molecule has 4 N–H and O–H groups in total. The van der Waals surface area contributed by atoms with Crippen molar-refractivity contribution in [3.8, 4) is 11.5 Å². The van der Waals surface area contributed by atoms with Crippen LogP contribution in [-0.4, -0.2) is 37.6 Å². The van der Waals surface area contributed by atoms with E-state index in [1.807, 2.05) is 52.8 Å². The molecule has 0 aliphatic rings. The lowest BCUT2D eigenvalue weighted by Gasteiger charge is -2.18. The number of carbonyl (C=O) groups is 2. The van der Waals surface area contributed by atoms with E-state index in [1.54, 1.807) is 0 Å². The van der Waals surface area contributed by atoms with E-state index in [0.717, 1.165) is 5.56 Å². The Kier molecular flexibility index (Phi) is 11.5. The van der Waals surface area contributed by atoms with Crippen LogP contribution < -0.4 is 25.8 Å². The fourth-order valence-electron chi connectivity index (χ4n) is 2.30. The van der Waals surface area contributed by atoms with Gasteiger partial charge in [0.05, 0.1) is 31.8 Å². The van der Waals surface area contributed by atoms with Gasteiger partial charge in [0, 0.05) is 0 Å². The summed E-state index contributed by atoms with van der Waals surface area (Å²) in [6.45, 7) is 10.3. The second-order valence-electron chi connectivity index (χ2n) is 6.35. The van der Waals surface area contributed by atoms with Gasteiger partial charge in [-0.3, -0.25) is 9.59 Å². The van der Waals surface area contributed by atoms with Gasteiger partial charge in [-0.2, -0.15) is 0 Å². The molecule has 0 spiro atoms. The molecule has 1 unspecified atom stereocenters. The third kappa shape index (κ3) is 8.05. The van der Waals surface area contributed by atoms with Crippen LogP contribution in [0.4, 0.5) is 0 Å². The molecule has 0 heterocycles. The molecule has 27 heavy (non-hydrogen) atoms. The SMILES string of the molecule is CCOc1ccc(C(C)NC(=O)CNC(=O)[C@@H](N)C(C)C)cc1OCC.Cl. The van der Waals surface area contributed by atoms with Crippen LogP contribution in [0.1, 0.15) is 46.2 Å². The zero-order valence-corrected chi connectivity index (χ0v) is 17.5. The molecule has 0 saturated carbocycles. The summed E-state index contributed by atoms with van der Waals surface area (Å²) in [5, 5.41) is 5.41. The lowest BCUT2D eigenvalue weighted by atomic mass is 10.1. The largest absolute Gasteiger partial charge is 0.490 e. The van der Waals surface area contributed by atoms with Gasteiger partial charge in [-0.1, -0.05) is 19.9 Å². The van der Waals surface area contributed by atoms with Crippen molar-refractivity contribution in [2.24, 2.45) is 11.7 Å². The number of hydrogen-bond acceptors (Lipinski definition) is 5. The van der Waals surface area contributed by atoms with Gasteiger partial charge in [-0.25, -0.2) is 0 Å². The fourth-order valence-corrected chi connectivity index (χ4v) is 2.30. The van der Waals surface area contributed by atoms with Gasteiger partial charge in [0.2, 0.25) is 11.8 Å². The first-order valence-electron chi connectivity index (χ1n) is 9.02. The van der Waals surface area contributed by atoms with E-state index >= 15 is 0 Å². The van der Waals surface area contributed by atoms with E-state index in [4.69, 9.17) is 15.2 Å². The van der Waals surface area contributed by atoms with E-state index in [2.05, 4.69) is 10.6 Å². The Labute approximate surface area is 167 Å². The highest BCUT2D eigenvalue weighted by Crippen LogP contribution is 2.30. The molecule has 0 fully saturated rings. The van der Waals surface area contributed by atoms with Crippen molar-refractivity contribution in [3.63, 3.8) is 0 Å². The molecule has 154 valence electrons. The number of carbonyl (C=O) groups excluding carboxylic acids is 2. The van der Waals surface area contributed by atoms with Crippen LogP contribution in [0.15, 0.2) is 18.2 Å². The molecule has 2 atom stereocenters. The van der Waals surface area contributed by atoms with Crippen LogP contribution in [-0.2, 0) is 9.59 Å². The van der Waals surface area contributed by atoms with E-state index in [1.165, 1.54) is 0 Å². The summed E-state index contributed by atoms with van der Waals surface area (Å²) in [7, 11) is 0. The number of rotatable bonds is 10. The summed E-state index contributed by atoms with van der Waals surface area (Å²) in [5.74, 6) is 0.713. The molecular formula is C19H32ClN3O4. The minimum absolute atomic E-state index is 0. The Balaban J connectivity index is 0.00000676. The van der Waals surface area contributed by atoms with Crippen molar-refractivity contribution in [2.45, 2.75) is 46.7 Å². The van der Waals surface area contributed by atoms with Gasteiger partial charge >= 0.3 is 0 Å². The zero-order chi connectivity index (χ0) is 19.7. The normalized spacial score (nSPS) is 12.6. The highest BCUT2D eigenvalue weighted by molar-refractivity contribution is 5.87. The highest BCUT2D eigenvalue weighted by atomic mass is 35.5. The lowest BCUT2D eigenvalue weighted by Crippen LogP contribution is -2.47. The van der Waals surface area contributed by atoms with Crippen molar-refractivity contribution in [3.05, 3.63) is 23.8 Å². The summed E-state index contributed by atoms with van der Waals surface area (Å²) in [5.41, 5.74) is 6.64. The van der Waals surface area contributed by atoms with Crippen LogP contribution in [0.3, 0.4) is 0 Å². The number of halogens is 1. The Morgan fingerprint density at radius 3 is 2.22 bits per heavy atom. The van der Waals surface area contributed by atoms with Crippen LogP contribution in [0, 0.1) is 5.92 Å². The van der Waals surface area contributed by atoms with E-state index in [9.17, 15) is 9.59 Å². The Morgan fingerprint density at radius 2 is 1.67 bits per heavy atom. The van der Waals surface area contributed by atoms with Crippen LogP contribution in [0.2, 0.25) is 0 Å². The van der Waals surface area contributed by atoms with Crippen LogP contribution >= 0.6 is 12.4 Å². The smallest absolute Gasteiger partial charge is 0.239 e. The second kappa shape index (κ2) is 12.4. The molecule has 8 heteroatoms. The monoisotopic (exact) mass is 401 g/mol. The van der Waals surface area contributed by atoms with Crippen molar-refractivity contribution >= 4 is 24.2 Å². The third-order valence-electron chi connectivity index (χ3n) is 3.89. The molecule has 0 saturated heterocycles. The van der Waals surface area contributed by atoms with Crippen LogP contribution in [0.5, 0.6) is 11.5 Å². The third-order valence-corrected chi connectivity index (χ3v) is 3.89. The molecular weight excluding hydrogens is 370 g/mol. The number of benzene rings is 1. The summed E-state index contributed by atoms with van der Waals surface area (Å²) >= 11 is 0. The van der Waals surface area contributed by atoms with Crippen molar-refractivity contribution < 1.29 is 19.1 Å². The Bertz CT molecular complexity index is 611. The number of hydrogen-bond donors (Lipinski definition) is 3. The Hall–Kier alpha value is -1.99. The lowest BCUT2D eigenvalue weighted by molar-refractivity contribution is -0.127. The van der Waals surface area contributed by atoms with Crippen molar-refractivity contribution in [2.75, 3.05) is 19.8 Å². The maximum absolute atomic E-state index is 12.1. The average Bonchev–Trinajstić information content (AvgIpc) is 2.60. The topological polar surface area (TPSA) is 103 Å². The number of nitrogens with one attached hydrogen (secondary N) is 2. The first-order chi connectivity index (χ1) is 12.3. The van der Waals surface area contributed by atoms with Crippen LogP contribution in [0.25, 0.3) is 0 Å². The maximum atomic E-state index is 12.1. The summed E-state index contributed by atoms with van der Waals surface area (Å²) in [6.07, 6.45) is 0. The molecule has 1 aromatic carbocycles. The number of nitrogens with two attached hydrogens (primary N) is 1. The number of ether oxygens (including phenoxy) is 2. The minimum atomic E-state index is -0.625. The predicted octanol–water partition coefficient (Wildman–Crippen LogP) is 2.18. The van der Waals surface area contributed by atoms with Crippen molar-refractivity contribution in [1.29, 1.82) is 0 Å². The van der Waals surface area contributed by atoms with Gasteiger partial charge < -0.3 is 25.8 Å². The number of amides is 2. The molecule has 1 aromatic rings. The molecule has 0 aliphatic carbocycles. The molecule has 0 aromatic heterocycles.